The Morgan fingerprint density at radius 1 is 1.15 bits per heavy atom. The third kappa shape index (κ3) is 4.12. The van der Waals surface area contributed by atoms with E-state index in [-0.39, 0.29) is 11.5 Å². The van der Waals surface area contributed by atoms with E-state index in [1.165, 1.54) is 15.8 Å². The average Bonchev–Trinajstić information content (AvgIpc) is 3.43. The van der Waals surface area contributed by atoms with Crippen molar-refractivity contribution >= 4 is 27.7 Å². The van der Waals surface area contributed by atoms with Crippen molar-refractivity contribution in [3.05, 3.63) is 76.2 Å². The molecule has 0 radical (unpaired) electrons. The smallest absolute Gasteiger partial charge is 0.291 e. The summed E-state index contributed by atoms with van der Waals surface area (Å²) in [4.78, 5) is 28.6. The predicted octanol–water partition coefficient (Wildman–Crippen LogP) is 3.40. The van der Waals surface area contributed by atoms with Gasteiger partial charge >= 0.3 is 0 Å². The quantitative estimate of drug-likeness (QED) is 0.482. The van der Waals surface area contributed by atoms with Gasteiger partial charge in [0.25, 0.3) is 5.56 Å². The van der Waals surface area contributed by atoms with E-state index in [0.29, 0.717) is 18.0 Å². The topological polar surface area (TPSA) is 72.2 Å². The fourth-order valence-corrected chi connectivity index (χ4v) is 5.08. The van der Waals surface area contributed by atoms with Crippen molar-refractivity contribution in [2.75, 3.05) is 19.6 Å². The first-order valence-electron chi connectivity index (χ1n) is 11.9. The third-order valence-corrected chi connectivity index (χ3v) is 7.03. The van der Waals surface area contributed by atoms with E-state index >= 15 is 0 Å². The van der Waals surface area contributed by atoms with Crippen molar-refractivity contribution in [3.63, 3.8) is 0 Å². The summed E-state index contributed by atoms with van der Waals surface area (Å²) < 4.78 is 3.19. The maximum atomic E-state index is 13.2. The van der Waals surface area contributed by atoms with Crippen LogP contribution in [0.15, 0.2) is 59.5 Å². The molecule has 176 valence electrons. The first-order chi connectivity index (χ1) is 16.4. The summed E-state index contributed by atoms with van der Waals surface area (Å²) in [5, 5.41) is 9.06. The number of benzene rings is 2. The third-order valence-electron chi connectivity index (χ3n) is 7.03. The molecule has 1 amide bonds. The minimum absolute atomic E-state index is 0.0708. The van der Waals surface area contributed by atoms with E-state index in [1.54, 1.807) is 13.2 Å². The first-order valence-corrected chi connectivity index (χ1v) is 11.9. The number of aromatic nitrogens is 3. The zero-order chi connectivity index (χ0) is 23.8. The number of amides is 1. The lowest BCUT2D eigenvalue weighted by atomic mass is 10.1. The number of rotatable bonds is 6. The van der Waals surface area contributed by atoms with Gasteiger partial charge < -0.3 is 9.88 Å². The van der Waals surface area contributed by atoms with Crippen molar-refractivity contribution in [2.24, 2.45) is 13.0 Å². The number of para-hydroxylation sites is 1. The first kappa shape index (κ1) is 22.3. The molecule has 2 aromatic heterocycles. The van der Waals surface area contributed by atoms with Gasteiger partial charge in [-0.25, -0.2) is 4.68 Å². The highest BCUT2D eigenvalue weighted by atomic mass is 16.2. The molecule has 1 aliphatic rings. The second-order valence-corrected chi connectivity index (χ2v) is 9.52. The molecule has 1 fully saturated rings. The molecule has 5 rings (SSSR count). The van der Waals surface area contributed by atoms with Gasteiger partial charge in [-0.2, -0.15) is 5.10 Å². The number of carbonyl (C=O) groups is 1. The molecule has 3 heterocycles. The summed E-state index contributed by atoms with van der Waals surface area (Å²) in [5.41, 5.74) is 3.79. The summed E-state index contributed by atoms with van der Waals surface area (Å²) in [5.74, 6) is 0.357. The van der Waals surface area contributed by atoms with E-state index in [2.05, 4.69) is 46.5 Å². The standard InChI is InChI=1S/C27H31N5O2/c1-18-8-10-20(11-9-18)16-31-13-12-21(17-31)14-28-26(33)19(2)32-24-7-5-4-6-22(24)23-15-29-30(3)27(34)25(23)32/h4-11,15,19,21H,12-14,16-17H2,1-3H3,(H,28,33)/t19-,21+/m1/s1. The van der Waals surface area contributed by atoms with Gasteiger partial charge in [0.1, 0.15) is 11.6 Å². The zero-order valence-electron chi connectivity index (χ0n) is 20.0. The van der Waals surface area contributed by atoms with Crippen LogP contribution in [0.3, 0.4) is 0 Å². The van der Waals surface area contributed by atoms with Gasteiger partial charge in [0.15, 0.2) is 0 Å². The maximum absolute atomic E-state index is 13.2. The summed E-state index contributed by atoms with van der Waals surface area (Å²) in [6.07, 6.45) is 2.78. The fraction of sp³-hybridized carbons (Fsp3) is 0.370. The molecule has 2 atom stereocenters. The van der Waals surface area contributed by atoms with Crippen LogP contribution in [-0.2, 0) is 18.4 Å². The van der Waals surface area contributed by atoms with Gasteiger partial charge in [-0.05, 0) is 44.4 Å². The van der Waals surface area contributed by atoms with E-state index in [4.69, 9.17) is 0 Å². The number of aryl methyl sites for hydroxylation is 2. The molecule has 0 saturated carbocycles. The van der Waals surface area contributed by atoms with Gasteiger partial charge in [-0.15, -0.1) is 0 Å². The van der Waals surface area contributed by atoms with Crippen molar-refractivity contribution in [2.45, 2.75) is 32.9 Å². The normalized spacial score (nSPS) is 17.4. The van der Waals surface area contributed by atoms with Crippen LogP contribution < -0.4 is 10.9 Å². The Morgan fingerprint density at radius 2 is 1.91 bits per heavy atom. The highest BCUT2D eigenvalue weighted by Gasteiger charge is 2.26. The lowest BCUT2D eigenvalue weighted by molar-refractivity contribution is -0.123. The molecule has 4 aromatic rings. The van der Waals surface area contributed by atoms with Crippen LogP contribution in [0.25, 0.3) is 21.8 Å². The largest absolute Gasteiger partial charge is 0.354 e. The van der Waals surface area contributed by atoms with Crippen LogP contribution >= 0.6 is 0 Å². The van der Waals surface area contributed by atoms with E-state index in [1.807, 2.05) is 35.8 Å². The summed E-state index contributed by atoms with van der Waals surface area (Å²) in [6, 6.07) is 16.0. The monoisotopic (exact) mass is 457 g/mol. The molecular formula is C27H31N5O2. The molecule has 0 spiro atoms. The Bertz CT molecular complexity index is 1400. The van der Waals surface area contributed by atoms with E-state index in [9.17, 15) is 9.59 Å². The maximum Gasteiger partial charge on any atom is 0.291 e. The minimum atomic E-state index is -0.512. The molecule has 0 unspecified atom stereocenters. The molecule has 34 heavy (non-hydrogen) atoms. The molecule has 1 saturated heterocycles. The van der Waals surface area contributed by atoms with Gasteiger partial charge in [0.2, 0.25) is 5.91 Å². The second-order valence-electron chi connectivity index (χ2n) is 9.52. The Morgan fingerprint density at radius 3 is 2.71 bits per heavy atom. The number of hydrogen-bond acceptors (Lipinski definition) is 4. The zero-order valence-corrected chi connectivity index (χ0v) is 20.0. The number of fused-ring (bicyclic) bond motifs is 3. The summed E-state index contributed by atoms with van der Waals surface area (Å²) in [6.45, 7) is 7.57. The van der Waals surface area contributed by atoms with Crippen LogP contribution in [-0.4, -0.2) is 44.8 Å². The molecule has 1 N–H and O–H groups in total. The molecule has 0 bridgehead atoms. The molecule has 7 nitrogen and oxygen atoms in total. The number of carbonyl (C=O) groups excluding carboxylic acids is 1. The van der Waals surface area contributed by atoms with E-state index < -0.39 is 6.04 Å². The fourth-order valence-electron chi connectivity index (χ4n) is 5.08. The number of nitrogens with zero attached hydrogens (tertiary/aromatic N) is 4. The summed E-state index contributed by atoms with van der Waals surface area (Å²) in [7, 11) is 1.64. The van der Waals surface area contributed by atoms with Crippen molar-refractivity contribution in [1.29, 1.82) is 0 Å². The predicted molar refractivity (Wildman–Crippen MR) is 135 cm³/mol. The average molecular weight is 458 g/mol. The van der Waals surface area contributed by atoms with Crippen LogP contribution in [0, 0.1) is 12.8 Å². The van der Waals surface area contributed by atoms with Crippen LogP contribution in [0.2, 0.25) is 0 Å². The van der Waals surface area contributed by atoms with Gasteiger partial charge in [-0.1, -0.05) is 48.0 Å². The SMILES string of the molecule is Cc1ccc(CN2CC[C@@H](CNC(=O)[C@@H](C)n3c4ccccc4c4cnn(C)c(=O)c43)C2)cc1. The Kier molecular flexibility index (Phi) is 5.96. The minimum Gasteiger partial charge on any atom is -0.354 e. The number of likely N-dealkylation sites (tertiary alicyclic amines) is 1. The van der Waals surface area contributed by atoms with Gasteiger partial charge in [0.05, 0.1) is 11.7 Å². The highest BCUT2D eigenvalue weighted by molar-refractivity contribution is 6.08. The van der Waals surface area contributed by atoms with Gasteiger partial charge in [0, 0.05) is 37.5 Å². The number of hydrogen-bond donors (Lipinski definition) is 1. The summed E-state index contributed by atoms with van der Waals surface area (Å²) >= 11 is 0. The lowest BCUT2D eigenvalue weighted by Crippen LogP contribution is -2.36. The molecular weight excluding hydrogens is 426 g/mol. The molecule has 1 aliphatic heterocycles. The van der Waals surface area contributed by atoms with E-state index in [0.717, 1.165) is 42.3 Å². The molecule has 0 aliphatic carbocycles. The van der Waals surface area contributed by atoms with Crippen LogP contribution in [0.5, 0.6) is 0 Å². The second kappa shape index (κ2) is 9.06. The van der Waals surface area contributed by atoms with Crippen molar-refractivity contribution in [1.82, 2.24) is 24.6 Å². The lowest BCUT2D eigenvalue weighted by Gasteiger charge is -2.19. The molecule has 7 heteroatoms. The number of nitrogens with one attached hydrogen (secondary N) is 1. The Balaban J connectivity index is 1.29. The molecule has 2 aromatic carbocycles. The Hall–Kier alpha value is -3.45. The van der Waals surface area contributed by atoms with Crippen molar-refractivity contribution < 1.29 is 4.79 Å². The van der Waals surface area contributed by atoms with Gasteiger partial charge in [-0.3, -0.25) is 14.5 Å². The van der Waals surface area contributed by atoms with Crippen molar-refractivity contribution in [3.8, 4) is 0 Å². The van der Waals surface area contributed by atoms with Crippen LogP contribution in [0.1, 0.15) is 30.5 Å². The Labute approximate surface area is 199 Å². The highest BCUT2D eigenvalue weighted by Crippen LogP contribution is 2.29. The van der Waals surface area contributed by atoms with Crippen LogP contribution in [0.4, 0.5) is 0 Å².